The molecule has 1 N–H and O–H groups in total. The highest BCUT2D eigenvalue weighted by molar-refractivity contribution is 5.75. The second-order valence-electron chi connectivity index (χ2n) is 6.67. The first-order valence-electron chi connectivity index (χ1n) is 10.6. The van der Waals surface area contributed by atoms with Gasteiger partial charge < -0.3 is 29.0 Å². The van der Waals surface area contributed by atoms with Crippen molar-refractivity contribution in [2.75, 3.05) is 59.4 Å². The Balaban J connectivity index is 2.00. The number of hydrogen-bond donors (Lipinski definition) is 1. The van der Waals surface area contributed by atoms with Gasteiger partial charge in [-0.3, -0.25) is 9.59 Å². The van der Waals surface area contributed by atoms with Gasteiger partial charge in [-0.15, -0.1) is 0 Å². The Kier molecular flexibility index (Phi) is 15.0. The van der Waals surface area contributed by atoms with Gasteiger partial charge >= 0.3 is 5.97 Å². The van der Waals surface area contributed by atoms with Gasteiger partial charge in [0.2, 0.25) is 40.7 Å². The predicted octanol–water partition coefficient (Wildman–Crippen LogP) is 2.66. The fraction of sp³-hybridized carbons (Fsp3) is 0.619. The zero-order valence-corrected chi connectivity index (χ0v) is 18.7. The number of rotatable bonds is 18. The van der Waals surface area contributed by atoms with E-state index >= 15 is 0 Å². The molecule has 1 aromatic carbocycles. The molecular weight excluding hydrogens is 473 g/mol. The maximum absolute atomic E-state index is 13.4. The summed E-state index contributed by atoms with van der Waals surface area (Å²) in [6.45, 7) is 4.19. The number of carbonyl (C=O) groups excluding carboxylic acids is 2. The topological polar surface area (TPSA) is 92.3 Å². The van der Waals surface area contributed by atoms with Gasteiger partial charge in [-0.1, -0.05) is 6.92 Å². The number of ether oxygens (including phenoxy) is 5. The maximum Gasteiger partial charge on any atom is 0.313 e. The van der Waals surface area contributed by atoms with Gasteiger partial charge in [-0.05, 0) is 6.42 Å². The van der Waals surface area contributed by atoms with Crippen LogP contribution in [-0.4, -0.2) is 71.3 Å². The van der Waals surface area contributed by atoms with E-state index < -0.39 is 47.2 Å². The van der Waals surface area contributed by atoms with E-state index in [-0.39, 0.29) is 38.8 Å². The maximum atomic E-state index is 13.4. The third kappa shape index (κ3) is 11.2. The standard InChI is InChI=1S/C21H28F5NO7/c1-2-5-27-14(28)3-6-30-8-10-32-12-13-33-11-9-31-7-4-15(29)34-21-19(25)17(23)16(22)18(24)20(21)26/h2-13H2,1H3,(H,27,28). The van der Waals surface area contributed by atoms with E-state index in [9.17, 15) is 31.5 Å². The zero-order chi connectivity index (χ0) is 25.3. The second kappa shape index (κ2) is 17.1. The Hall–Kier alpha value is -2.35. The molecule has 0 bridgehead atoms. The Bertz CT molecular complexity index is 753. The predicted molar refractivity (Wildman–Crippen MR) is 108 cm³/mol. The van der Waals surface area contributed by atoms with E-state index in [0.29, 0.717) is 33.0 Å². The van der Waals surface area contributed by atoms with Crippen LogP contribution in [0.15, 0.2) is 0 Å². The summed E-state index contributed by atoms with van der Waals surface area (Å²) >= 11 is 0. The van der Waals surface area contributed by atoms with Crippen LogP contribution in [0.5, 0.6) is 5.75 Å². The molecule has 1 rings (SSSR count). The van der Waals surface area contributed by atoms with E-state index in [2.05, 4.69) is 10.1 Å². The summed E-state index contributed by atoms with van der Waals surface area (Å²) in [7, 11) is 0. The molecule has 0 spiro atoms. The molecule has 0 aliphatic heterocycles. The number of halogens is 5. The molecule has 8 nitrogen and oxygen atoms in total. The number of benzene rings is 1. The molecule has 0 aromatic heterocycles. The van der Waals surface area contributed by atoms with Crippen molar-refractivity contribution in [3.8, 4) is 5.75 Å². The van der Waals surface area contributed by atoms with Crippen molar-refractivity contribution < 1.29 is 55.2 Å². The van der Waals surface area contributed by atoms with Gasteiger partial charge in [0.1, 0.15) is 0 Å². The number of esters is 1. The lowest BCUT2D eigenvalue weighted by atomic mass is 10.2. The molecule has 0 saturated carbocycles. The first kappa shape index (κ1) is 29.7. The van der Waals surface area contributed by atoms with Gasteiger partial charge in [-0.2, -0.15) is 8.78 Å². The summed E-state index contributed by atoms with van der Waals surface area (Å²) in [4.78, 5) is 22.9. The lowest BCUT2D eigenvalue weighted by molar-refractivity contribution is -0.136. The number of hydrogen-bond acceptors (Lipinski definition) is 7. The van der Waals surface area contributed by atoms with Crippen LogP contribution >= 0.6 is 0 Å². The largest absolute Gasteiger partial charge is 0.420 e. The molecule has 0 fully saturated rings. The molecule has 0 saturated heterocycles. The van der Waals surface area contributed by atoms with E-state index in [1.54, 1.807) is 0 Å². The molecule has 0 radical (unpaired) electrons. The second-order valence-corrected chi connectivity index (χ2v) is 6.67. The van der Waals surface area contributed by atoms with Crippen molar-refractivity contribution in [3.05, 3.63) is 29.1 Å². The van der Waals surface area contributed by atoms with E-state index in [0.717, 1.165) is 6.42 Å². The average molecular weight is 501 g/mol. The molecule has 13 heteroatoms. The van der Waals surface area contributed by atoms with Gasteiger partial charge in [-0.25, -0.2) is 13.2 Å². The summed E-state index contributed by atoms with van der Waals surface area (Å²) in [5.74, 6) is -14.2. The van der Waals surface area contributed by atoms with Gasteiger partial charge in [0.25, 0.3) is 0 Å². The summed E-state index contributed by atoms with van der Waals surface area (Å²) < 4.78 is 91.0. The van der Waals surface area contributed by atoms with Crippen LogP contribution in [0, 0.1) is 29.1 Å². The molecule has 0 aliphatic rings. The fourth-order valence-electron chi connectivity index (χ4n) is 2.27. The minimum Gasteiger partial charge on any atom is -0.420 e. The van der Waals surface area contributed by atoms with Crippen molar-refractivity contribution >= 4 is 11.9 Å². The quantitative estimate of drug-likeness (QED) is 0.0826. The highest BCUT2D eigenvalue weighted by Crippen LogP contribution is 2.29. The van der Waals surface area contributed by atoms with Crippen LogP contribution in [0.3, 0.4) is 0 Å². The lowest BCUT2D eigenvalue weighted by Gasteiger charge is -2.09. The highest BCUT2D eigenvalue weighted by Gasteiger charge is 2.28. The fourth-order valence-corrected chi connectivity index (χ4v) is 2.27. The summed E-state index contributed by atoms with van der Waals surface area (Å²) in [6, 6.07) is 0. The smallest absolute Gasteiger partial charge is 0.313 e. The SMILES string of the molecule is CCCNC(=O)CCOCCOCCOCCOCCC(=O)Oc1c(F)c(F)c(F)c(F)c1F. The Morgan fingerprint density at radius 2 is 1.06 bits per heavy atom. The van der Waals surface area contributed by atoms with Gasteiger partial charge in [0.15, 0.2) is 0 Å². The van der Waals surface area contributed by atoms with Gasteiger partial charge in [0, 0.05) is 13.0 Å². The van der Waals surface area contributed by atoms with E-state index in [1.807, 2.05) is 6.92 Å². The monoisotopic (exact) mass is 501 g/mol. The normalized spacial score (nSPS) is 11.0. The first-order valence-corrected chi connectivity index (χ1v) is 10.6. The van der Waals surface area contributed by atoms with Crippen LogP contribution in [0.2, 0.25) is 0 Å². The highest BCUT2D eigenvalue weighted by atomic mass is 19.2. The lowest BCUT2D eigenvalue weighted by Crippen LogP contribution is -2.25. The van der Waals surface area contributed by atoms with Crippen LogP contribution in [0.25, 0.3) is 0 Å². The molecule has 0 heterocycles. The molecule has 0 unspecified atom stereocenters. The average Bonchev–Trinajstić information content (AvgIpc) is 2.83. The van der Waals surface area contributed by atoms with Gasteiger partial charge in [0.05, 0.1) is 59.3 Å². The third-order valence-electron chi connectivity index (χ3n) is 4.00. The molecular formula is C21H28F5NO7. The van der Waals surface area contributed by atoms with Crippen molar-refractivity contribution in [1.82, 2.24) is 5.32 Å². The van der Waals surface area contributed by atoms with Crippen molar-refractivity contribution in [2.45, 2.75) is 26.2 Å². The number of carbonyl (C=O) groups is 2. The van der Waals surface area contributed by atoms with Crippen LogP contribution in [-0.2, 0) is 28.5 Å². The number of nitrogens with one attached hydrogen (secondary N) is 1. The summed E-state index contributed by atoms with van der Waals surface area (Å²) in [6.07, 6.45) is 0.681. The first-order chi connectivity index (χ1) is 16.3. The molecule has 194 valence electrons. The number of amides is 1. The summed E-state index contributed by atoms with van der Waals surface area (Å²) in [5.41, 5.74) is 0. The minimum atomic E-state index is -2.35. The molecule has 34 heavy (non-hydrogen) atoms. The van der Waals surface area contributed by atoms with Crippen LogP contribution in [0.1, 0.15) is 26.2 Å². The third-order valence-corrected chi connectivity index (χ3v) is 4.00. The minimum absolute atomic E-state index is 0.0586. The summed E-state index contributed by atoms with van der Waals surface area (Å²) in [5, 5.41) is 2.74. The Morgan fingerprint density at radius 1 is 0.647 bits per heavy atom. The molecule has 1 amide bonds. The molecule has 1 aromatic rings. The van der Waals surface area contributed by atoms with Crippen molar-refractivity contribution in [1.29, 1.82) is 0 Å². The van der Waals surface area contributed by atoms with Crippen LogP contribution in [0.4, 0.5) is 22.0 Å². The van der Waals surface area contributed by atoms with E-state index in [1.165, 1.54) is 0 Å². The van der Waals surface area contributed by atoms with Crippen LogP contribution < -0.4 is 10.1 Å². The molecule has 0 atom stereocenters. The molecule has 0 aliphatic carbocycles. The van der Waals surface area contributed by atoms with Crippen molar-refractivity contribution in [2.24, 2.45) is 0 Å². The Labute approximate surface area is 193 Å². The zero-order valence-electron chi connectivity index (χ0n) is 18.7. The van der Waals surface area contributed by atoms with Crippen molar-refractivity contribution in [3.63, 3.8) is 0 Å². The Morgan fingerprint density at radius 3 is 1.53 bits per heavy atom. The van der Waals surface area contributed by atoms with E-state index in [4.69, 9.17) is 18.9 Å².